The molecule has 0 spiro atoms. The summed E-state index contributed by atoms with van der Waals surface area (Å²) >= 11 is 0. The number of hydrogen-bond donors (Lipinski definition) is 1. The van der Waals surface area contributed by atoms with Crippen LogP contribution >= 0.6 is 0 Å². The van der Waals surface area contributed by atoms with E-state index in [1.165, 1.54) is 24.9 Å². The standard InChI is InChI=1S/C8H11N3O4/c1-5(8(13)14)11-6(4-9-10-11)3-7(12)15-2/h4-5H,3H2,1-2H3,(H,13,14). The van der Waals surface area contributed by atoms with Crippen LogP contribution in [0.15, 0.2) is 6.20 Å². The Bertz CT molecular complexity index is 374. The Morgan fingerprint density at radius 1 is 1.67 bits per heavy atom. The van der Waals surface area contributed by atoms with E-state index in [1.807, 2.05) is 0 Å². The number of aliphatic carboxylic acids is 1. The minimum absolute atomic E-state index is 0.0406. The molecule has 0 aromatic carbocycles. The number of carbonyl (C=O) groups is 2. The van der Waals surface area contributed by atoms with Gasteiger partial charge in [-0.2, -0.15) is 0 Å². The zero-order valence-corrected chi connectivity index (χ0v) is 8.38. The van der Waals surface area contributed by atoms with Crippen LogP contribution in [-0.4, -0.2) is 39.1 Å². The highest BCUT2D eigenvalue weighted by molar-refractivity contribution is 5.73. The summed E-state index contributed by atoms with van der Waals surface area (Å²) in [6.45, 7) is 1.46. The van der Waals surface area contributed by atoms with Crippen molar-refractivity contribution in [3.8, 4) is 0 Å². The number of carboxylic acids is 1. The number of ether oxygens (including phenoxy) is 1. The van der Waals surface area contributed by atoms with Gasteiger partial charge in [0.1, 0.15) is 6.04 Å². The normalized spacial score (nSPS) is 12.1. The van der Waals surface area contributed by atoms with Crippen molar-refractivity contribution in [3.05, 3.63) is 11.9 Å². The van der Waals surface area contributed by atoms with Gasteiger partial charge in [-0.3, -0.25) is 4.79 Å². The van der Waals surface area contributed by atoms with E-state index in [0.717, 1.165) is 0 Å². The molecule has 0 aliphatic heterocycles. The number of carboxylic acid groups (broad SMARTS) is 1. The second kappa shape index (κ2) is 4.54. The molecule has 0 aliphatic carbocycles. The fourth-order valence-electron chi connectivity index (χ4n) is 1.04. The Balaban J connectivity index is 2.86. The van der Waals surface area contributed by atoms with Crippen molar-refractivity contribution >= 4 is 11.9 Å². The minimum Gasteiger partial charge on any atom is -0.480 e. The summed E-state index contributed by atoms with van der Waals surface area (Å²) < 4.78 is 5.64. The van der Waals surface area contributed by atoms with Crippen LogP contribution in [0, 0.1) is 0 Å². The first kappa shape index (κ1) is 11.2. The average Bonchev–Trinajstić information content (AvgIpc) is 2.64. The minimum atomic E-state index is -1.04. The quantitative estimate of drug-likeness (QED) is 0.686. The third-order valence-corrected chi connectivity index (χ3v) is 1.93. The highest BCUT2D eigenvalue weighted by Gasteiger charge is 2.19. The van der Waals surface area contributed by atoms with Crippen molar-refractivity contribution in [2.75, 3.05) is 7.11 Å². The second-order valence-electron chi connectivity index (χ2n) is 2.94. The number of methoxy groups -OCH3 is 1. The first-order valence-corrected chi connectivity index (χ1v) is 4.25. The van der Waals surface area contributed by atoms with Gasteiger partial charge in [0.15, 0.2) is 0 Å². The topological polar surface area (TPSA) is 94.3 Å². The van der Waals surface area contributed by atoms with Crippen molar-refractivity contribution in [3.63, 3.8) is 0 Å². The summed E-state index contributed by atoms with van der Waals surface area (Å²) in [6, 6.07) is -0.854. The van der Waals surface area contributed by atoms with E-state index in [2.05, 4.69) is 15.0 Å². The molecule has 0 amide bonds. The van der Waals surface area contributed by atoms with E-state index < -0.39 is 18.0 Å². The maximum absolute atomic E-state index is 11.0. The smallest absolute Gasteiger partial charge is 0.328 e. The molecule has 1 atom stereocenters. The third-order valence-electron chi connectivity index (χ3n) is 1.93. The zero-order valence-electron chi connectivity index (χ0n) is 8.38. The molecule has 0 aliphatic rings. The van der Waals surface area contributed by atoms with Crippen LogP contribution in [0.3, 0.4) is 0 Å². The van der Waals surface area contributed by atoms with Crippen LogP contribution in [0.4, 0.5) is 0 Å². The van der Waals surface area contributed by atoms with Crippen molar-refractivity contribution < 1.29 is 19.4 Å². The Hall–Kier alpha value is -1.92. The Labute approximate surface area is 85.6 Å². The zero-order chi connectivity index (χ0) is 11.4. The van der Waals surface area contributed by atoms with Gasteiger partial charge in [0.05, 0.1) is 25.4 Å². The number of rotatable bonds is 4. The van der Waals surface area contributed by atoms with E-state index in [-0.39, 0.29) is 6.42 Å². The first-order chi connectivity index (χ1) is 7.06. The number of carbonyl (C=O) groups excluding carboxylic acids is 1. The molecule has 15 heavy (non-hydrogen) atoms. The van der Waals surface area contributed by atoms with Crippen LogP contribution in [0.1, 0.15) is 18.7 Å². The van der Waals surface area contributed by atoms with E-state index in [4.69, 9.17) is 5.11 Å². The first-order valence-electron chi connectivity index (χ1n) is 4.25. The summed E-state index contributed by atoms with van der Waals surface area (Å²) in [5.41, 5.74) is 0.414. The summed E-state index contributed by atoms with van der Waals surface area (Å²) in [5.74, 6) is -1.50. The molecular weight excluding hydrogens is 202 g/mol. The Morgan fingerprint density at radius 3 is 2.87 bits per heavy atom. The molecule has 7 heteroatoms. The van der Waals surface area contributed by atoms with Gasteiger partial charge in [-0.15, -0.1) is 5.10 Å². The van der Waals surface area contributed by atoms with Gasteiger partial charge in [-0.05, 0) is 6.92 Å². The molecular formula is C8H11N3O4. The van der Waals surface area contributed by atoms with Crippen molar-refractivity contribution in [2.24, 2.45) is 0 Å². The van der Waals surface area contributed by atoms with Gasteiger partial charge >= 0.3 is 11.9 Å². The monoisotopic (exact) mass is 213 g/mol. The fraction of sp³-hybridized carbons (Fsp3) is 0.500. The highest BCUT2D eigenvalue weighted by Crippen LogP contribution is 2.08. The predicted molar refractivity (Wildman–Crippen MR) is 48.1 cm³/mol. The summed E-state index contributed by atoms with van der Waals surface area (Å²) in [6.07, 6.45) is 1.30. The van der Waals surface area contributed by atoms with Crippen molar-refractivity contribution in [1.82, 2.24) is 15.0 Å². The lowest BCUT2D eigenvalue weighted by atomic mass is 10.3. The molecule has 1 N–H and O–H groups in total. The molecule has 0 saturated heterocycles. The van der Waals surface area contributed by atoms with Gasteiger partial charge in [0.2, 0.25) is 0 Å². The van der Waals surface area contributed by atoms with Crippen molar-refractivity contribution in [2.45, 2.75) is 19.4 Å². The molecule has 0 saturated carbocycles. The molecule has 0 radical (unpaired) electrons. The van der Waals surface area contributed by atoms with E-state index in [1.54, 1.807) is 0 Å². The maximum atomic E-state index is 11.0. The Kier molecular flexibility index (Phi) is 3.37. The van der Waals surface area contributed by atoms with Gasteiger partial charge in [0.25, 0.3) is 0 Å². The SMILES string of the molecule is COC(=O)Cc1cnnn1C(C)C(=O)O. The van der Waals surface area contributed by atoms with Gasteiger partial charge in [0, 0.05) is 0 Å². The summed E-state index contributed by atoms with van der Waals surface area (Å²) in [5, 5.41) is 15.9. The lowest BCUT2D eigenvalue weighted by Crippen LogP contribution is -2.20. The number of nitrogens with zero attached hydrogens (tertiary/aromatic N) is 3. The molecule has 7 nitrogen and oxygen atoms in total. The van der Waals surface area contributed by atoms with E-state index >= 15 is 0 Å². The van der Waals surface area contributed by atoms with Crippen LogP contribution in [-0.2, 0) is 20.7 Å². The molecule has 1 aromatic heterocycles. The molecule has 1 aromatic rings. The molecule has 1 rings (SSSR count). The summed E-state index contributed by atoms with van der Waals surface area (Å²) in [4.78, 5) is 21.7. The van der Waals surface area contributed by atoms with Gasteiger partial charge in [-0.25, -0.2) is 9.48 Å². The average molecular weight is 213 g/mol. The van der Waals surface area contributed by atoms with Crippen LogP contribution in [0.2, 0.25) is 0 Å². The third kappa shape index (κ3) is 2.52. The van der Waals surface area contributed by atoms with Gasteiger partial charge < -0.3 is 9.84 Å². The second-order valence-corrected chi connectivity index (χ2v) is 2.94. The van der Waals surface area contributed by atoms with Crippen molar-refractivity contribution in [1.29, 1.82) is 0 Å². The van der Waals surface area contributed by atoms with Crippen LogP contribution < -0.4 is 0 Å². The number of aromatic nitrogens is 3. The fourth-order valence-corrected chi connectivity index (χ4v) is 1.04. The molecule has 0 fully saturated rings. The molecule has 82 valence electrons. The van der Waals surface area contributed by atoms with E-state index in [9.17, 15) is 9.59 Å². The largest absolute Gasteiger partial charge is 0.480 e. The predicted octanol–water partition coefficient (Wildman–Crippen LogP) is -0.361. The Morgan fingerprint density at radius 2 is 2.33 bits per heavy atom. The summed E-state index contributed by atoms with van der Waals surface area (Å²) in [7, 11) is 1.26. The lowest BCUT2D eigenvalue weighted by Gasteiger charge is -2.08. The van der Waals surface area contributed by atoms with Crippen LogP contribution in [0.5, 0.6) is 0 Å². The maximum Gasteiger partial charge on any atom is 0.328 e. The molecule has 0 bridgehead atoms. The lowest BCUT2D eigenvalue weighted by molar-refractivity contribution is -0.142. The highest BCUT2D eigenvalue weighted by atomic mass is 16.5. The number of esters is 1. The number of hydrogen-bond acceptors (Lipinski definition) is 5. The van der Waals surface area contributed by atoms with Gasteiger partial charge in [-0.1, -0.05) is 5.21 Å². The molecule has 1 heterocycles. The molecule has 1 unspecified atom stereocenters. The van der Waals surface area contributed by atoms with Crippen LogP contribution in [0.25, 0.3) is 0 Å². The van der Waals surface area contributed by atoms with E-state index in [0.29, 0.717) is 5.69 Å².